The molecule has 1 amide bonds. The molecule has 2 heterocycles. The summed E-state index contributed by atoms with van der Waals surface area (Å²) < 4.78 is 19.7. The summed E-state index contributed by atoms with van der Waals surface area (Å²) >= 11 is 0. The van der Waals surface area contributed by atoms with Gasteiger partial charge in [-0.2, -0.15) is 0 Å². The standard InChI is InChI=1S/C28H30FN3O2/c1-34-22-12-10-20(11-13-22)14-15-30-28(33)23-18-21-6-2-4-8-25(21)32-17-16-31(19-27(23)32)26-9-5-3-7-24(26)29/h2-13,23,27H,14-19H2,1H3,(H,30,33)/t23-,27+/m0/s1. The van der Waals surface area contributed by atoms with Crippen molar-refractivity contribution in [2.75, 3.05) is 43.1 Å². The maximum atomic E-state index is 14.5. The first-order valence-corrected chi connectivity index (χ1v) is 11.9. The molecule has 0 aromatic heterocycles. The highest BCUT2D eigenvalue weighted by molar-refractivity contribution is 5.82. The van der Waals surface area contributed by atoms with Crippen LogP contribution in [-0.2, 0) is 17.6 Å². The number of nitrogens with one attached hydrogen (secondary N) is 1. The van der Waals surface area contributed by atoms with Crippen molar-refractivity contribution in [3.8, 4) is 5.75 Å². The predicted molar refractivity (Wildman–Crippen MR) is 133 cm³/mol. The molecule has 5 rings (SSSR count). The van der Waals surface area contributed by atoms with Crippen LogP contribution in [0.5, 0.6) is 5.75 Å². The number of rotatable bonds is 6. The lowest BCUT2D eigenvalue weighted by molar-refractivity contribution is -0.125. The Kier molecular flexibility index (Phi) is 6.39. The highest BCUT2D eigenvalue weighted by atomic mass is 19.1. The van der Waals surface area contributed by atoms with Crippen LogP contribution in [-0.4, -0.2) is 45.2 Å². The van der Waals surface area contributed by atoms with Crippen molar-refractivity contribution in [1.29, 1.82) is 0 Å². The van der Waals surface area contributed by atoms with Crippen molar-refractivity contribution in [3.05, 3.63) is 89.7 Å². The van der Waals surface area contributed by atoms with E-state index < -0.39 is 0 Å². The van der Waals surface area contributed by atoms with Crippen molar-refractivity contribution >= 4 is 17.3 Å². The smallest absolute Gasteiger partial charge is 0.225 e. The average Bonchev–Trinajstić information content (AvgIpc) is 2.88. The first-order valence-electron chi connectivity index (χ1n) is 11.9. The Morgan fingerprint density at radius 3 is 2.50 bits per heavy atom. The highest BCUT2D eigenvalue weighted by Gasteiger charge is 2.41. The van der Waals surface area contributed by atoms with Gasteiger partial charge in [0.15, 0.2) is 0 Å². The Morgan fingerprint density at radius 1 is 1.00 bits per heavy atom. The summed E-state index contributed by atoms with van der Waals surface area (Å²) in [5, 5.41) is 3.17. The Labute approximate surface area is 200 Å². The van der Waals surface area contributed by atoms with Crippen LogP contribution < -0.4 is 19.9 Å². The minimum Gasteiger partial charge on any atom is -0.497 e. The van der Waals surface area contributed by atoms with Gasteiger partial charge < -0.3 is 19.9 Å². The normalized spacial score (nSPS) is 19.2. The number of carbonyl (C=O) groups excluding carboxylic acids is 1. The van der Waals surface area contributed by atoms with Crippen LogP contribution >= 0.6 is 0 Å². The van der Waals surface area contributed by atoms with Crippen molar-refractivity contribution in [2.45, 2.75) is 18.9 Å². The lowest BCUT2D eigenvalue weighted by Crippen LogP contribution is -2.61. The fourth-order valence-electron chi connectivity index (χ4n) is 5.24. The molecular weight excluding hydrogens is 429 g/mol. The molecule has 0 unspecified atom stereocenters. The number of nitrogens with zero attached hydrogens (tertiary/aromatic N) is 2. The van der Waals surface area contributed by atoms with Crippen molar-refractivity contribution in [1.82, 2.24) is 5.32 Å². The molecule has 2 aliphatic heterocycles. The van der Waals surface area contributed by atoms with Crippen LogP contribution in [0.4, 0.5) is 15.8 Å². The minimum atomic E-state index is -0.215. The summed E-state index contributed by atoms with van der Waals surface area (Å²) in [5.74, 6) is 0.479. The number of ether oxygens (including phenoxy) is 1. The molecule has 0 saturated carbocycles. The van der Waals surface area contributed by atoms with Crippen LogP contribution in [0.2, 0.25) is 0 Å². The second-order valence-corrected chi connectivity index (χ2v) is 8.99. The van der Waals surface area contributed by atoms with Crippen LogP contribution in [0, 0.1) is 11.7 Å². The number of carbonyl (C=O) groups is 1. The third-order valence-electron chi connectivity index (χ3n) is 7.03. The van der Waals surface area contributed by atoms with E-state index in [-0.39, 0.29) is 23.7 Å². The Morgan fingerprint density at radius 2 is 1.74 bits per heavy atom. The molecule has 176 valence electrons. The van der Waals surface area contributed by atoms with E-state index in [4.69, 9.17) is 4.74 Å². The molecular formula is C28H30FN3O2. The second kappa shape index (κ2) is 9.75. The number of halogens is 1. The number of para-hydroxylation sites is 2. The Bertz CT molecular complexity index is 1150. The maximum absolute atomic E-state index is 14.5. The third-order valence-corrected chi connectivity index (χ3v) is 7.03. The molecule has 2 atom stereocenters. The van der Waals surface area contributed by atoms with Gasteiger partial charge in [-0.1, -0.05) is 42.5 Å². The molecule has 1 saturated heterocycles. The second-order valence-electron chi connectivity index (χ2n) is 8.99. The zero-order valence-corrected chi connectivity index (χ0v) is 19.4. The fraction of sp³-hybridized carbons (Fsp3) is 0.321. The molecule has 0 aliphatic carbocycles. The van der Waals surface area contributed by atoms with Crippen LogP contribution in [0.25, 0.3) is 0 Å². The van der Waals surface area contributed by atoms with Crippen LogP contribution in [0.1, 0.15) is 11.1 Å². The van der Waals surface area contributed by atoms with Gasteiger partial charge in [0.05, 0.1) is 24.8 Å². The number of amides is 1. The van der Waals surface area contributed by atoms with Crippen LogP contribution in [0.3, 0.4) is 0 Å². The minimum absolute atomic E-state index is 0.00996. The van der Waals surface area contributed by atoms with Gasteiger partial charge in [0, 0.05) is 31.9 Å². The molecule has 2 aliphatic rings. The van der Waals surface area contributed by atoms with Gasteiger partial charge >= 0.3 is 0 Å². The van der Waals surface area contributed by atoms with Crippen molar-refractivity contribution < 1.29 is 13.9 Å². The largest absolute Gasteiger partial charge is 0.497 e. The number of anilines is 2. The van der Waals surface area contributed by atoms with E-state index >= 15 is 0 Å². The van der Waals surface area contributed by atoms with Gasteiger partial charge in [-0.25, -0.2) is 4.39 Å². The summed E-state index contributed by atoms with van der Waals surface area (Å²) in [7, 11) is 1.65. The van der Waals surface area contributed by atoms with Gasteiger partial charge in [-0.05, 0) is 54.3 Å². The van der Waals surface area contributed by atoms with Crippen molar-refractivity contribution in [3.63, 3.8) is 0 Å². The molecule has 0 spiro atoms. The first kappa shape index (κ1) is 22.3. The molecule has 5 nitrogen and oxygen atoms in total. The lowest BCUT2D eigenvalue weighted by atomic mass is 9.83. The number of hydrogen-bond acceptors (Lipinski definition) is 4. The monoisotopic (exact) mass is 459 g/mol. The number of benzene rings is 3. The SMILES string of the molecule is COc1ccc(CCNC(=O)[C@H]2Cc3ccccc3N3CCN(c4ccccc4F)C[C@H]23)cc1. The number of piperazine rings is 1. The summed E-state index contributed by atoms with van der Waals surface area (Å²) in [6.45, 7) is 2.67. The van der Waals surface area contributed by atoms with E-state index in [1.807, 2.05) is 48.5 Å². The zero-order valence-electron chi connectivity index (χ0n) is 19.4. The Hall–Kier alpha value is -3.54. The summed E-state index contributed by atoms with van der Waals surface area (Å²) in [4.78, 5) is 17.8. The molecule has 0 bridgehead atoms. The van der Waals surface area contributed by atoms with Gasteiger partial charge in [-0.15, -0.1) is 0 Å². The van der Waals surface area contributed by atoms with E-state index in [2.05, 4.69) is 27.2 Å². The van der Waals surface area contributed by atoms with E-state index in [9.17, 15) is 9.18 Å². The third kappa shape index (κ3) is 4.45. The van der Waals surface area contributed by atoms with Crippen molar-refractivity contribution in [2.24, 2.45) is 5.92 Å². The summed E-state index contributed by atoms with van der Waals surface area (Å²) in [6, 6.07) is 23.2. The average molecular weight is 460 g/mol. The number of hydrogen-bond donors (Lipinski definition) is 1. The van der Waals surface area contributed by atoms with E-state index in [0.29, 0.717) is 25.2 Å². The van der Waals surface area contributed by atoms with Gasteiger partial charge in [0.2, 0.25) is 5.91 Å². The van der Waals surface area contributed by atoms with Crippen LogP contribution in [0.15, 0.2) is 72.8 Å². The topological polar surface area (TPSA) is 44.8 Å². The molecule has 3 aromatic rings. The quantitative estimate of drug-likeness (QED) is 0.604. The maximum Gasteiger partial charge on any atom is 0.225 e. The summed E-state index contributed by atoms with van der Waals surface area (Å²) in [5.41, 5.74) is 4.16. The van der Waals surface area contributed by atoms with E-state index in [1.54, 1.807) is 13.2 Å². The molecule has 34 heavy (non-hydrogen) atoms. The lowest BCUT2D eigenvalue weighted by Gasteiger charge is -2.49. The molecule has 3 aromatic carbocycles. The highest BCUT2D eigenvalue weighted by Crippen LogP contribution is 2.37. The zero-order chi connectivity index (χ0) is 23.5. The molecule has 1 N–H and O–H groups in total. The first-order chi connectivity index (χ1) is 16.6. The number of fused-ring (bicyclic) bond motifs is 3. The van der Waals surface area contributed by atoms with E-state index in [1.165, 1.54) is 17.3 Å². The Balaban J connectivity index is 1.32. The van der Waals surface area contributed by atoms with Gasteiger partial charge in [0.25, 0.3) is 0 Å². The van der Waals surface area contributed by atoms with E-state index in [0.717, 1.165) is 30.8 Å². The molecule has 1 fully saturated rings. The molecule has 0 radical (unpaired) electrons. The van der Waals surface area contributed by atoms with Gasteiger partial charge in [0.1, 0.15) is 11.6 Å². The summed E-state index contributed by atoms with van der Waals surface area (Å²) in [6.07, 6.45) is 1.45. The molecule has 6 heteroatoms. The number of methoxy groups -OCH3 is 1. The predicted octanol–water partition coefficient (Wildman–Crippen LogP) is 4.06. The fourth-order valence-corrected chi connectivity index (χ4v) is 5.24. The van der Waals surface area contributed by atoms with Gasteiger partial charge in [-0.3, -0.25) is 4.79 Å².